The molecule has 4 aromatic rings. The summed E-state index contributed by atoms with van der Waals surface area (Å²) < 4.78 is 5.37. The number of nitrogens with one attached hydrogen (secondary N) is 2. The van der Waals surface area contributed by atoms with E-state index in [1.807, 2.05) is 15.9 Å². The average Bonchev–Trinajstić information content (AvgIpc) is 3.43. The Balaban J connectivity index is 1.30. The second kappa shape index (κ2) is 7.43. The number of nitrogens with zero attached hydrogens (tertiary/aromatic N) is 6. The van der Waals surface area contributed by atoms with E-state index >= 15 is 0 Å². The van der Waals surface area contributed by atoms with Gasteiger partial charge in [-0.25, -0.2) is 19.7 Å². The van der Waals surface area contributed by atoms with Crippen molar-refractivity contribution in [2.75, 3.05) is 38.2 Å². The SMILES string of the molecule is O=C(N1CCOCC1)N1CCc2c(sc3ncnc(Nc4cnc5[nH]ncc5c4)c23)C1. The molecule has 31 heavy (non-hydrogen) atoms. The number of carbonyl (C=O) groups excluding carboxylic acids is 1. The molecule has 158 valence electrons. The molecular formula is C20H20N8O2S. The van der Waals surface area contributed by atoms with E-state index < -0.39 is 0 Å². The van der Waals surface area contributed by atoms with Gasteiger partial charge in [0.1, 0.15) is 17.0 Å². The van der Waals surface area contributed by atoms with Gasteiger partial charge in [0.05, 0.1) is 43.2 Å². The molecule has 0 bridgehead atoms. The number of rotatable bonds is 2. The van der Waals surface area contributed by atoms with Crippen molar-refractivity contribution in [1.82, 2.24) is 34.9 Å². The molecule has 6 heterocycles. The summed E-state index contributed by atoms with van der Waals surface area (Å²) in [6.07, 6.45) is 5.87. The number of aromatic amines is 1. The molecular weight excluding hydrogens is 416 g/mol. The second-order valence-electron chi connectivity index (χ2n) is 7.62. The van der Waals surface area contributed by atoms with Crippen LogP contribution in [0.1, 0.15) is 10.4 Å². The van der Waals surface area contributed by atoms with Gasteiger partial charge in [-0.05, 0) is 18.1 Å². The van der Waals surface area contributed by atoms with Crippen LogP contribution in [-0.4, -0.2) is 73.8 Å². The molecule has 0 saturated carbocycles. The molecule has 0 spiro atoms. The molecule has 6 rings (SSSR count). The first-order valence-electron chi connectivity index (χ1n) is 10.2. The van der Waals surface area contributed by atoms with E-state index in [2.05, 4.69) is 30.5 Å². The van der Waals surface area contributed by atoms with E-state index in [9.17, 15) is 4.79 Å². The van der Waals surface area contributed by atoms with E-state index in [1.165, 1.54) is 10.4 Å². The Hall–Kier alpha value is -3.31. The van der Waals surface area contributed by atoms with E-state index in [1.54, 1.807) is 30.1 Å². The zero-order chi connectivity index (χ0) is 20.8. The van der Waals surface area contributed by atoms with Gasteiger partial charge >= 0.3 is 6.03 Å². The summed E-state index contributed by atoms with van der Waals surface area (Å²) in [5, 5.41) is 12.2. The van der Waals surface area contributed by atoms with Gasteiger partial charge in [0.25, 0.3) is 0 Å². The smallest absolute Gasteiger partial charge is 0.320 e. The lowest BCUT2D eigenvalue weighted by Gasteiger charge is -2.34. The number of morpholine rings is 1. The first-order valence-corrected chi connectivity index (χ1v) is 11.0. The Labute approximate surface area is 181 Å². The van der Waals surface area contributed by atoms with Crippen molar-refractivity contribution in [2.24, 2.45) is 0 Å². The lowest BCUT2D eigenvalue weighted by molar-refractivity contribution is 0.0423. The monoisotopic (exact) mass is 436 g/mol. The Kier molecular flexibility index (Phi) is 4.42. The Bertz CT molecular complexity index is 1280. The minimum Gasteiger partial charge on any atom is -0.378 e. The third-order valence-corrected chi connectivity index (χ3v) is 6.87. The fraction of sp³-hybridized carbons (Fsp3) is 0.350. The van der Waals surface area contributed by atoms with Crippen molar-refractivity contribution in [1.29, 1.82) is 0 Å². The molecule has 10 nitrogen and oxygen atoms in total. The van der Waals surface area contributed by atoms with Crippen molar-refractivity contribution in [2.45, 2.75) is 13.0 Å². The molecule has 11 heteroatoms. The first-order chi connectivity index (χ1) is 15.3. The van der Waals surface area contributed by atoms with Gasteiger partial charge in [-0.2, -0.15) is 5.10 Å². The summed E-state index contributed by atoms with van der Waals surface area (Å²) in [5.41, 5.74) is 2.82. The molecule has 0 aromatic carbocycles. The molecule has 0 aliphatic carbocycles. The molecule has 4 aromatic heterocycles. The number of thiophene rings is 1. The van der Waals surface area contributed by atoms with Gasteiger partial charge in [0.2, 0.25) is 0 Å². The third kappa shape index (κ3) is 3.26. The highest BCUT2D eigenvalue weighted by atomic mass is 32.1. The summed E-state index contributed by atoms with van der Waals surface area (Å²) in [6.45, 7) is 3.82. The summed E-state index contributed by atoms with van der Waals surface area (Å²) >= 11 is 1.64. The number of anilines is 2. The lowest BCUT2D eigenvalue weighted by atomic mass is 10.1. The van der Waals surface area contributed by atoms with Crippen LogP contribution in [0.25, 0.3) is 21.3 Å². The molecule has 1 saturated heterocycles. The number of aromatic nitrogens is 5. The van der Waals surface area contributed by atoms with Gasteiger partial charge in [0.15, 0.2) is 5.65 Å². The van der Waals surface area contributed by atoms with Crippen molar-refractivity contribution in [3.8, 4) is 0 Å². The standard InChI is InChI=1S/C20H20N8O2S/c29-20(27-3-5-30-6-4-27)28-2-1-14-15(10-28)31-19-16(14)18(22-11-23-19)25-13-7-12-8-24-26-17(12)21-9-13/h7-9,11H,1-6,10H2,(H,21,24,26)(H,22,23,25). The second-order valence-corrected chi connectivity index (χ2v) is 8.70. The van der Waals surface area contributed by atoms with Crippen molar-refractivity contribution in [3.05, 3.63) is 35.2 Å². The van der Waals surface area contributed by atoms with Crippen molar-refractivity contribution < 1.29 is 9.53 Å². The third-order valence-electron chi connectivity index (χ3n) is 5.74. The van der Waals surface area contributed by atoms with Gasteiger partial charge in [-0.3, -0.25) is 5.10 Å². The largest absolute Gasteiger partial charge is 0.378 e. The van der Waals surface area contributed by atoms with Gasteiger partial charge < -0.3 is 19.9 Å². The van der Waals surface area contributed by atoms with Gasteiger partial charge in [0, 0.05) is 29.9 Å². The Morgan fingerprint density at radius 1 is 1.13 bits per heavy atom. The zero-order valence-corrected chi connectivity index (χ0v) is 17.5. The Morgan fingerprint density at radius 3 is 2.94 bits per heavy atom. The topological polar surface area (TPSA) is 112 Å². The first kappa shape index (κ1) is 18.5. The number of fused-ring (bicyclic) bond motifs is 4. The predicted molar refractivity (Wildman–Crippen MR) is 116 cm³/mol. The van der Waals surface area contributed by atoms with Crippen molar-refractivity contribution in [3.63, 3.8) is 0 Å². The maximum Gasteiger partial charge on any atom is 0.320 e. The minimum absolute atomic E-state index is 0.0929. The van der Waals surface area contributed by atoms with Crippen LogP contribution >= 0.6 is 11.3 Å². The molecule has 1 fully saturated rings. The lowest BCUT2D eigenvalue weighted by Crippen LogP contribution is -2.49. The number of hydrogen-bond acceptors (Lipinski definition) is 8. The maximum atomic E-state index is 12.9. The number of urea groups is 1. The predicted octanol–water partition coefficient (Wildman–Crippen LogP) is 2.52. The molecule has 2 N–H and O–H groups in total. The number of pyridine rings is 1. The molecule has 2 aliphatic heterocycles. The van der Waals surface area contributed by atoms with Crippen LogP contribution in [0, 0.1) is 0 Å². The average molecular weight is 437 g/mol. The molecule has 0 radical (unpaired) electrons. The maximum absolute atomic E-state index is 12.9. The van der Waals surface area contributed by atoms with Crippen LogP contribution < -0.4 is 5.32 Å². The zero-order valence-electron chi connectivity index (χ0n) is 16.7. The Morgan fingerprint density at radius 2 is 2.03 bits per heavy atom. The van der Waals surface area contributed by atoms with E-state index in [4.69, 9.17) is 4.74 Å². The number of amides is 2. The minimum atomic E-state index is 0.0929. The fourth-order valence-corrected chi connectivity index (χ4v) is 5.39. The number of H-pyrrole nitrogens is 1. The fourth-order valence-electron chi connectivity index (χ4n) is 4.18. The number of carbonyl (C=O) groups is 1. The van der Waals surface area contributed by atoms with Crippen LogP contribution in [0.5, 0.6) is 0 Å². The normalized spacial score (nSPS) is 16.6. The molecule has 2 aliphatic rings. The summed E-state index contributed by atoms with van der Waals surface area (Å²) in [7, 11) is 0. The highest BCUT2D eigenvalue weighted by Gasteiger charge is 2.29. The quantitative estimate of drug-likeness (QED) is 0.496. The van der Waals surface area contributed by atoms with Crippen LogP contribution in [0.2, 0.25) is 0 Å². The van der Waals surface area contributed by atoms with E-state index in [0.29, 0.717) is 39.4 Å². The highest BCUT2D eigenvalue weighted by molar-refractivity contribution is 7.19. The number of ether oxygens (including phenoxy) is 1. The van der Waals surface area contributed by atoms with Crippen LogP contribution in [0.3, 0.4) is 0 Å². The van der Waals surface area contributed by atoms with E-state index in [0.717, 1.165) is 39.2 Å². The summed E-state index contributed by atoms with van der Waals surface area (Å²) in [5.74, 6) is 0.764. The molecule has 0 atom stereocenters. The van der Waals surface area contributed by atoms with Crippen LogP contribution in [-0.2, 0) is 17.7 Å². The molecule has 0 unspecified atom stereocenters. The van der Waals surface area contributed by atoms with Crippen LogP contribution in [0.15, 0.2) is 24.8 Å². The van der Waals surface area contributed by atoms with Crippen molar-refractivity contribution >= 4 is 50.1 Å². The highest BCUT2D eigenvalue weighted by Crippen LogP contribution is 2.38. The van der Waals surface area contributed by atoms with Crippen LogP contribution in [0.4, 0.5) is 16.3 Å². The van der Waals surface area contributed by atoms with Gasteiger partial charge in [-0.15, -0.1) is 11.3 Å². The van der Waals surface area contributed by atoms with E-state index in [-0.39, 0.29) is 6.03 Å². The molecule has 2 amide bonds. The summed E-state index contributed by atoms with van der Waals surface area (Å²) in [6, 6.07) is 2.08. The summed E-state index contributed by atoms with van der Waals surface area (Å²) in [4.78, 5) is 32.2. The van der Waals surface area contributed by atoms with Gasteiger partial charge in [-0.1, -0.05) is 0 Å². The number of hydrogen-bond donors (Lipinski definition) is 2.